The zero-order valence-corrected chi connectivity index (χ0v) is 26.7. The van der Waals surface area contributed by atoms with Crippen molar-refractivity contribution in [2.75, 3.05) is 32.1 Å². The molecule has 6 rings (SSSR count). The van der Waals surface area contributed by atoms with E-state index >= 15 is 4.39 Å². The first-order valence-electron chi connectivity index (χ1n) is 16.0. The summed E-state index contributed by atoms with van der Waals surface area (Å²) in [5.74, 6) is 2.05. The topological polar surface area (TPSA) is 83.4 Å². The summed E-state index contributed by atoms with van der Waals surface area (Å²) in [5.41, 5.74) is 1.25. The van der Waals surface area contributed by atoms with Gasteiger partial charge in [0.15, 0.2) is 0 Å². The predicted molar refractivity (Wildman–Crippen MR) is 170 cm³/mol. The number of nitrogens with zero attached hydrogens (tertiary/aromatic N) is 3. The van der Waals surface area contributed by atoms with Crippen molar-refractivity contribution in [3.8, 4) is 5.75 Å². The molecule has 0 radical (unpaired) electrons. The summed E-state index contributed by atoms with van der Waals surface area (Å²) in [4.78, 5) is 20.2. The van der Waals surface area contributed by atoms with Crippen LogP contribution < -0.4 is 26.2 Å². The lowest BCUT2D eigenvalue weighted by Crippen LogP contribution is -2.62. The Bertz CT molecular complexity index is 1580. The lowest BCUT2D eigenvalue weighted by molar-refractivity contribution is 0.0817. The van der Waals surface area contributed by atoms with Crippen molar-refractivity contribution in [1.29, 1.82) is 0 Å². The van der Waals surface area contributed by atoms with Crippen LogP contribution in [-0.2, 0) is 13.0 Å². The first kappa shape index (κ1) is 30.9. The number of halogens is 2. The fraction of sp³-hybridized carbons (Fsp3) is 0.588. The van der Waals surface area contributed by atoms with Gasteiger partial charge < -0.3 is 15.4 Å². The lowest BCUT2D eigenvalue weighted by atomic mass is 9.71. The van der Waals surface area contributed by atoms with Gasteiger partial charge in [0.05, 0.1) is 30.0 Å². The third kappa shape index (κ3) is 5.61. The second kappa shape index (κ2) is 12.0. The van der Waals surface area contributed by atoms with Crippen molar-refractivity contribution >= 4 is 16.6 Å². The molecule has 3 N–H and O–H groups in total. The molecule has 2 aliphatic carbocycles. The van der Waals surface area contributed by atoms with Crippen molar-refractivity contribution < 1.29 is 13.5 Å². The van der Waals surface area contributed by atoms with E-state index < -0.39 is 11.6 Å². The first-order valence-corrected chi connectivity index (χ1v) is 16.0. The number of anilines is 1. The summed E-state index contributed by atoms with van der Waals surface area (Å²) in [6.07, 6.45) is 2.59. The van der Waals surface area contributed by atoms with Crippen LogP contribution in [0.3, 0.4) is 0 Å². The minimum absolute atomic E-state index is 0.197. The molecular weight excluding hydrogens is 562 g/mol. The number of nitrogens with one attached hydrogen (secondary N) is 3. The van der Waals surface area contributed by atoms with Crippen LogP contribution in [0.4, 0.5) is 14.5 Å². The third-order valence-corrected chi connectivity index (χ3v) is 11.4. The van der Waals surface area contributed by atoms with Gasteiger partial charge in [-0.1, -0.05) is 33.8 Å². The molecule has 3 fully saturated rings. The van der Waals surface area contributed by atoms with Crippen LogP contribution in [0.1, 0.15) is 46.6 Å². The summed E-state index contributed by atoms with van der Waals surface area (Å²) >= 11 is 0. The van der Waals surface area contributed by atoms with Gasteiger partial charge in [0, 0.05) is 44.3 Å². The summed E-state index contributed by atoms with van der Waals surface area (Å²) in [7, 11) is 1.48. The molecule has 2 saturated carbocycles. The quantitative estimate of drug-likeness (QED) is 0.301. The van der Waals surface area contributed by atoms with Crippen molar-refractivity contribution in [3.63, 3.8) is 0 Å². The summed E-state index contributed by atoms with van der Waals surface area (Å²) < 4.78 is 36.7. The van der Waals surface area contributed by atoms with Gasteiger partial charge in [0.2, 0.25) is 0 Å². The van der Waals surface area contributed by atoms with Crippen molar-refractivity contribution in [2.45, 2.75) is 72.4 Å². The highest BCUT2D eigenvalue weighted by Gasteiger charge is 2.65. The molecule has 2 aromatic carbocycles. The van der Waals surface area contributed by atoms with E-state index in [1.54, 1.807) is 18.2 Å². The standard InChI is InChI=1S/C34H46F2N6O2/c1-19-17-41(12-10-37-19)33(39-29-15-26-22(4)34(26,5)21(3)20(29)2)40-31-16-30-25(14-28(31)36)32(43)42(18-38-30)11-9-23-7-8-24(44-6)13-27(23)35/h7-8,13-14,16,18-22,26,29,33,37,39-40H,9-12,15,17H2,1-6H3/t19-,20+,21+,22?,26+,29+,33?,34?/m1/s1. The van der Waals surface area contributed by atoms with Gasteiger partial charge in [-0.15, -0.1) is 0 Å². The number of methoxy groups -OCH3 is 1. The fourth-order valence-corrected chi connectivity index (χ4v) is 8.03. The molecule has 8 nitrogen and oxygen atoms in total. The maximum Gasteiger partial charge on any atom is 0.261 e. The van der Waals surface area contributed by atoms with E-state index in [1.165, 1.54) is 30.1 Å². The molecule has 3 aromatic rings. The lowest BCUT2D eigenvalue weighted by Gasteiger charge is -2.44. The van der Waals surface area contributed by atoms with E-state index in [1.807, 2.05) is 0 Å². The van der Waals surface area contributed by atoms with E-state index in [4.69, 9.17) is 4.74 Å². The maximum absolute atomic E-state index is 15.7. The molecular formula is C34H46F2N6O2. The second-order valence-corrected chi connectivity index (χ2v) is 13.6. The normalized spacial score (nSPS) is 31.0. The average Bonchev–Trinajstić information content (AvgIpc) is 3.55. The highest BCUT2D eigenvalue weighted by atomic mass is 19.1. The Hall–Kier alpha value is -3.08. The molecule has 1 aliphatic heterocycles. The van der Waals surface area contributed by atoms with Gasteiger partial charge >= 0.3 is 0 Å². The van der Waals surface area contributed by atoms with Crippen LogP contribution in [0.5, 0.6) is 5.75 Å². The molecule has 238 valence electrons. The number of hydrogen-bond donors (Lipinski definition) is 3. The van der Waals surface area contributed by atoms with Crippen LogP contribution in [0.2, 0.25) is 0 Å². The van der Waals surface area contributed by atoms with Gasteiger partial charge in [-0.05, 0) is 72.6 Å². The Balaban J connectivity index is 1.23. The third-order valence-electron chi connectivity index (χ3n) is 11.4. The van der Waals surface area contributed by atoms with Gasteiger partial charge in [-0.2, -0.15) is 0 Å². The largest absolute Gasteiger partial charge is 0.497 e. The number of aryl methyl sites for hydroxylation is 2. The first-order chi connectivity index (χ1) is 21.0. The Morgan fingerprint density at radius 3 is 2.66 bits per heavy atom. The summed E-state index contributed by atoms with van der Waals surface area (Å²) in [6, 6.07) is 8.18. The molecule has 0 bridgehead atoms. The fourth-order valence-electron chi connectivity index (χ4n) is 8.03. The van der Waals surface area contributed by atoms with Gasteiger partial charge in [0.25, 0.3) is 5.56 Å². The van der Waals surface area contributed by atoms with E-state index in [9.17, 15) is 9.18 Å². The van der Waals surface area contributed by atoms with Crippen molar-refractivity contribution in [2.24, 2.45) is 29.1 Å². The van der Waals surface area contributed by atoms with E-state index in [-0.39, 0.29) is 23.8 Å². The highest BCUT2D eigenvalue weighted by molar-refractivity contribution is 5.81. The Labute approximate surface area is 258 Å². The van der Waals surface area contributed by atoms with Crippen molar-refractivity contribution in [1.82, 2.24) is 25.1 Å². The molecule has 2 heterocycles. The van der Waals surface area contributed by atoms with Crippen molar-refractivity contribution in [3.05, 3.63) is 64.2 Å². The van der Waals surface area contributed by atoms with Crippen LogP contribution in [0.15, 0.2) is 41.5 Å². The summed E-state index contributed by atoms with van der Waals surface area (Å²) in [5, 5.41) is 11.1. The van der Waals surface area contributed by atoms with Gasteiger partial charge in [0.1, 0.15) is 23.7 Å². The molecule has 3 aliphatic rings. The molecule has 44 heavy (non-hydrogen) atoms. The SMILES string of the molecule is COc1ccc(CCn2cnc3cc(NC(N[C@H]4C[C@H]5C(C)C5(C)[C@@H](C)[C@@H]4C)N4CCN[C@H](C)C4)c(F)cc3c2=O)c(F)c1. The molecule has 8 atom stereocenters. The van der Waals surface area contributed by atoms with Gasteiger partial charge in [-0.25, -0.2) is 13.8 Å². The number of hydrogen-bond acceptors (Lipinski definition) is 7. The molecule has 0 spiro atoms. The Kier molecular flexibility index (Phi) is 8.45. The zero-order valence-electron chi connectivity index (χ0n) is 26.7. The number of fused-ring (bicyclic) bond motifs is 2. The molecule has 1 aromatic heterocycles. The minimum Gasteiger partial charge on any atom is -0.497 e. The Morgan fingerprint density at radius 2 is 1.93 bits per heavy atom. The predicted octanol–water partition coefficient (Wildman–Crippen LogP) is 4.82. The summed E-state index contributed by atoms with van der Waals surface area (Å²) in [6.45, 7) is 14.5. The Morgan fingerprint density at radius 1 is 1.14 bits per heavy atom. The van der Waals surface area contributed by atoms with E-state index in [0.29, 0.717) is 64.2 Å². The molecule has 1 saturated heterocycles. The second-order valence-electron chi connectivity index (χ2n) is 13.6. The van der Waals surface area contributed by atoms with E-state index in [0.717, 1.165) is 32.0 Å². The van der Waals surface area contributed by atoms with Gasteiger partial charge in [-0.3, -0.25) is 19.6 Å². The highest BCUT2D eigenvalue weighted by Crippen LogP contribution is 2.69. The number of ether oxygens (including phenoxy) is 1. The maximum atomic E-state index is 15.7. The van der Waals surface area contributed by atoms with Crippen LogP contribution >= 0.6 is 0 Å². The molecule has 3 unspecified atom stereocenters. The van der Waals surface area contributed by atoms with E-state index in [2.05, 4.69) is 60.5 Å². The number of benzene rings is 2. The zero-order chi connectivity index (χ0) is 31.3. The van der Waals surface area contributed by atoms with Crippen LogP contribution in [0.25, 0.3) is 10.9 Å². The van der Waals surface area contributed by atoms with Crippen LogP contribution in [0, 0.1) is 40.7 Å². The van der Waals surface area contributed by atoms with Crippen LogP contribution in [-0.4, -0.2) is 59.6 Å². The smallest absolute Gasteiger partial charge is 0.261 e. The number of aromatic nitrogens is 2. The minimum atomic E-state index is -0.501. The monoisotopic (exact) mass is 608 g/mol. The average molecular weight is 609 g/mol. The molecule has 10 heteroatoms. The molecule has 0 amide bonds. The number of rotatable bonds is 9. The number of piperazine rings is 1.